The molecule has 0 aromatic rings. The van der Waals surface area contributed by atoms with Crippen LogP contribution in [-0.4, -0.2) is 82.0 Å². The minimum atomic E-state index is -1.03. The molecule has 4 heterocycles. The predicted octanol–water partition coefficient (Wildman–Crippen LogP) is 1.34. The predicted molar refractivity (Wildman–Crippen MR) is 112 cm³/mol. The van der Waals surface area contributed by atoms with E-state index in [0.717, 1.165) is 50.0 Å². The van der Waals surface area contributed by atoms with Crippen LogP contribution in [0.1, 0.15) is 39.5 Å². The van der Waals surface area contributed by atoms with Crippen LogP contribution < -0.4 is 5.32 Å². The summed E-state index contributed by atoms with van der Waals surface area (Å²) in [6, 6.07) is -0.214. The molecule has 162 valence electrons. The Balaban J connectivity index is 1.37. The molecule has 0 aromatic carbocycles. The number of hydrogen-bond donors (Lipinski definition) is 3. The summed E-state index contributed by atoms with van der Waals surface area (Å²) in [5.41, 5.74) is 0.155. The first kappa shape index (κ1) is 21.2. The molecule has 8 heteroatoms. The van der Waals surface area contributed by atoms with Gasteiger partial charge in [-0.25, -0.2) is 4.79 Å². The van der Waals surface area contributed by atoms with Gasteiger partial charge in [0.05, 0.1) is 18.1 Å². The molecule has 0 aliphatic carbocycles. The van der Waals surface area contributed by atoms with Crippen molar-refractivity contribution in [3.63, 3.8) is 0 Å². The van der Waals surface area contributed by atoms with Gasteiger partial charge in [0.1, 0.15) is 5.70 Å². The second-order valence-corrected chi connectivity index (χ2v) is 10.4. The molecule has 0 bridgehead atoms. The molecular weight excluding hydrogens is 390 g/mol. The van der Waals surface area contributed by atoms with Gasteiger partial charge in [0.2, 0.25) is 5.91 Å². The number of piperidine rings is 1. The number of amides is 1. The number of likely N-dealkylation sites (tertiary alicyclic amines) is 1. The van der Waals surface area contributed by atoms with Crippen LogP contribution in [-0.2, 0) is 9.59 Å². The lowest BCUT2D eigenvalue weighted by molar-refractivity contribution is -0.163. The molecule has 0 radical (unpaired) electrons. The van der Waals surface area contributed by atoms with E-state index < -0.39 is 18.0 Å². The molecule has 5 atom stereocenters. The maximum atomic E-state index is 12.5. The lowest BCUT2D eigenvalue weighted by atomic mass is 9.79. The smallest absolute Gasteiger partial charge is 0.353 e. The molecular formula is C21H33N3O4S. The van der Waals surface area contributed by atoms with Crippen LogP contribution in [0, 0.1) is 17.8 Å². The average Bonchev–Trinajstić information content (AvgIpc) is 3.22. The highest BCUT2D eigenvalue weighted by Crippen LogP contribution is 2.51. The Labute approximate surface area is 176 Å². The van der Waals surface area contributed by atoms with E-state index in [1.54, 1.807) is 18.7 Å². The Morgan fingerprint density at radius 3 is 2.69 bits per heavy atom. The van der Waals surface area contributed by atoms with E-state index in [2.05, 4.69) is 10.2 Å². The fourth-order valence-corrected chi connectivity index (χ4v) is 7.01. The van der Waals surface area contributed by atoms with E-state index in [4.69, 9.17) is 0 Å². The molecule has 0 saturated carbocycles. The quantitative estimate of drug-likeness (QED) is 0.532. The normalized spacial score (nSPS) is 34.4. The zero-order valence-electron chi connectivity index (χ0n) is 17.3. The minimum absolute atomic E-state index is 0.0350. The second-order valence-electron chi connectivity index (χ2n) is 9.08. The van der Waals surface area contributed by atoms with Crippen LogP contribution in [0.5, 0.6) is 0 Å². The van der Waals surface area contributed by atoms with Crippen LogP contribution in [0.4, 0.5) is 0 Å². The average molecular weight is 424 g/mol. The second kappa shape index (κ2) is 8.57. The Hall–Kier alpha value is -1.09. The summed E-state index contributed by atoms with van der Waals surface area (Å²) in [5, 5.41) is 23.5. The van der Waals surface area contributed by atoms with Crippen molar-refractivity contribution in [3.8, 4) is 0 Å². The Morgan fingerprint density at radius 2 is 2.03 bits per heavy atom. The highest BCUT2D eigenvalue weighted by molar-refractivity contribution is 8.03. The first-order chi connectivity index (χ1) is 13.9. The number of hydrogen-bond acceptors (Lipinski definition) is 6. The standard InChI is InChI=1S/C21H33N3O4S/c1-12-17-16(13(2)25)20(26)24(17)18(21(27)28)19(12)29-15-6-10-23(11-15)9-5-14-3-7-22-8-4-14/h12-17,22,25H,3-11H2,1-2H3,(H,27,28)/t12-,13-,15?,16-,17-/m1/s1. The summed E-state index contributed by atoms with van der Waals surface area (Å²) in [5.74, 6) is -0.972. The van der Waals surface area contributed by atoms with Gasteiger partial charge in [-0.2, -0.15) is 0 Å². The summed E-state index contributed by atoms with van der Waals surface area (Å²) in [4.78, 5) is 29.2. The van der Waals surface area contributed by atoms with Crippen LogP contribution in [0.2, 0.25) is 0 Å². The lowest BCUT2D eigenvalue weighted by Crippen LogP contribution is -2.63. The van der Waals surface area contributed by atoms with Crippen molar-refractivity contribution >= 4 is 23.6 Å². The van der Waals surface area contributed by atoms with E-state index in [1.165, 1.54) is 24.2 Å². The topological polar surface area (TPSA) is 93.1 Å². The molecule has 29 heavy (non-hydrogen) atoms. The van der Waals surface area contributed by atoms with Gasteiger partial charge >= 0.3 is 5.97 Å². The summed E-state index contributed by atoms with van der Waals surface area (Å²) in [7, 11) is 0. The molecule has 3 saturated heterocycles. The maximum absolute atomic E-state index is 12.5. The number of fused-ring (bicyclic) bond motifs is 1. The van der Waals surface area contributed by atoms with Gasteiger partial charge in [-0.3, -0.25) is 4.79 Å². The van der Waals surface area contributed by atoms with E-state index >= 15 is 0 Å². The Kier molecular flexibility index (Phi) is 6.25. The number of nitrogens with one attached hydrogen (secondary N) is 1. The number of aliphatic carboxylic acids is 1. The number of aliphatic hydroxyl groups is 1. The molecule has 3 fully saturated rings. The van der Waals surface area contributed by atoms with Crippen LogP contribution in [0.3, 0.4) is 0 Å². The fraction of sp³-hybridized carbons (Fsp3) is 0.810. The highest BCUT2D eigenvalue weighted by atomic mass is 32.2. The molecule has 4 aliphatic rings. The maximum Gasteiger partial charge on any atom is 0.353 e. The molecule has 1 amide bonds. The molecule has 7 nitrogen and oxygen atoms in total. The summed E-state index contributed by atoms with van der Waals surface area (Å²) in [6.07, 6.45) is 4.10. The van der Waals surface area contributed by atoms with Gasteiger partial charge in [0.15, 0.2) is 0 Å². The van der Waals surface area contributed by atoms with Crippen LogP contribution in [0.25, 0.3) is 0 Å². The van der Waals surface area contributed by atoms with Crippen molar-refractivity contribution in [1.82, 2.24) is 15.1 Å². The van der Waals surface area contributed by atoms with Gasteiger partial charge < -0.3 is 25.3 Å². The van der Waals surface area contributed by atoms with Crippen molar-refractivity contribution in [2.24, 2.45) is 17.8 Å². The minimum Gasteiger partial charge on any atom is -0.477 e. The zero-order chi connectivity index (χ0) is 20.7. The van der Waals surface area contributed by atoms with Crippen molar-refractivity contribution < 1.29 is 19.8 Å². The molecule has 1 unspecified atom stereocenters. The number of carbonyl (C=O) groups is 2. The number of thioether (sulfide) groups is 1. The van der Waals surface area contributed by atoms with Gasteiger partial charge in [-0.05, 0) is 64.7 Å². The number of carboxylic acids is 1. The van der Waals surface area contributed by atoms with Crippen molar-refractivity contribution in [2.75, 3.05) is 32.7 Å². The van der Waals surface area contributed by atoms with Crippen molar-refractivity contribution in [2.45, 2.75) is 56.9 Å². The number of nitrogens with zero attached hydrogens (tertiary/aromatic N) is 2. The SMILES string of the molecule is C[C@@H](O)[C@H]1C(=O)N2C(C(=O)O)=C(SC3CCN(CCC4CCNCC4)C3)[C@H](C)[C@H]12. The fourth-order valence-electron chi connectivity index (χ4n) is 5.49. The van der Waals surface area contributed by atoms with Crippen LogP contribution >= 0.6 is 11.8 Å². The number of rotatable bonds is 7. The number of carbonyl (C=O) groups excluding carboxylic acids is 1. The summed E-state index contributed by atoms with van der Waals surface area (Å²) in [6.45, 7) is 9.07. The zero-order valence-corrected chi connectivity index (χ0v) is 18.2. The van der Waals surface area contributed by atoms with E-state index in [1.807, 2.05) is 6.92 Å². The Morgan fingerprint density at radius 1 is 1.31 bits per heavy atom. The van der Waals surface area contributed by atoms with Crippen molar-refractivity contribution in [3.05, 3.63) is 10.6 Å². The third-order valence-corrected chi connectivity index (χ3v) is 8.68. The molecule has 4 rings (SSSR count). The van der Waals surface area contributed by atoms with Gasteiger partial charge in [0, 0.05) is 22.6 Å². The van der Waals surface area contributed by atoms with E-state index in [9.17, 15) is 19.8 Å². The van der Waals surface area contributed by atoms with Gasteiger partial charge in [-0.1, -0.05) is 6.92 Å². The van der Waals surface area contributed by atoms with Crippen LogP contribution in [0.15, 0.2) is 10.6 Å². The number of aliphatic hydroxyl groups excluding tert-OH is 1. The highest BCUT2D eigenvalue weighted by Gasteiger charge is 2.60. The molecule has 3 N–H and O–H groups in total. The molecule has 0 spiro atoms. The number of carboxylic acid groups (broad SMARTS) is 1. The third kappa shape index (κ3) is 3.96. The monoisotopic (exact) mass is 423 g/mol. The Bertz CT molecular complexity index is 691. The number of β-lactam (4-membered cyclic amide) rings is 1. The van der Waals surface area contributed by atoms with E-state index in [-0.39, 0.29) is 23.6 Å². The summed E-state index contributed by atoms with van der Waals surface area (Å²) < 4.78 is 0. The third-order valence-electron chi connectivity index (χ3n) is 7.15. The van der Waals surface area contributed by atoms with Gasteiger partial charge in [-0.15, -0.1) is 11.8 Å². The largest absolute Gasteiger partial charge is 0.477 e. The lowest BCUT2D eigenvalue weighted by Gasteiger charge is -2.46. The first-order valence-electron chi connectivity index (χ1n) is 11.0. The first-order valence-corrected chi connectivity index (χ1v) is 11.8. The van der Waals surface area contributed by atoms with E-state index in [0.29, 0.717) is 5.25 Å². The van der Waals surface area contributed by atoms with Gasteiger partial charge in [0.25, 0.3) is 0 Å². The van der Waals surface area contributed by atoms with Crippen molar-refractivity contribution in [1.29, 1.82) is 0 Å². The molecule has 0 aromatic heterocycles. The summed E-state index contributed by atoms with van der Waals surface area (Å²) >= 11 is 1.66. The molecule has 4 aliphatic heterocycles.